The van der Waals surface area contributed by atoms with E-state index in [1.165, 1.54) is 11.3 Å². The van der Waals surface area contributed by atoms with Gasteiger partial charge in [0.15, 0.2) is 11.5 Å². The monoisotopic (exact) mass is 525 g/mol. The summed E-state index contributed by atoms with van der Waals surface area (Å²) >= 11 is 7.34. The van der Waals surface area contributed by atoms with Gasteiger partial charge in [-0.25, -0.2) is 4.98 Å². The Kier molecular flexibility index (Phi) is 6.65. The molecular weight excluding hydrogens is 503 g/mol. The Bertz CT molecular complexity index is 1180. The quantitative estimate of drug-likeness (QED) is 0.484. The first-order valence-electron chi connectivity index (χ1n) is 11.2. The molecule has 0 saturated carbocycles. The van der Waals surface area contributed by atoms with Crippen LogP contribution in [0.4, 0.5) is 13.2 Å². The third kappa shape index (κ3) is 5.55. The molecule has 1 unspecified atom stereocenters. The van der Waals surface area contributed by atoms with Crippen LogP contribution in [-0.2, 0) is 12.6 Å². The average molecular weight is 526 g/mol. The highest BCUT2D eigenvalue weighted by atomic mass is 35.5. The summed E-state index contributed by atoms with van der Waals surface area (Å²) in [6, 6.07) is 9.78. The summed E-state index contributed by atoms with van der Waals surface area (Å²) in [6.45, 7) is 1.62. The van der Waals surface area contributed by atoms with Gasteiger partial charge in [0.2, 0.25) is 5.88 Å². The summed E-state index contributed by atoms with van der Waals surface area (Å²) in [5.74, 6) is 0.601. The molecule has 1 aromatic carbocycles. The standard InChI is InChI=1S/C24H23ClF3N3O3S/c25-16-3-4-18-15(10-16)12-23(34-18)5-7-31(8-6-23)13-17(32)14-33-21-11-20(24(26,27)28)29-22(30-21)19-2-1-9-35-19/h1-4,9-11,17,32H,5-8,12-14H2. The maximum absolute atomic E-state index is 13.3. The fraction of sp³-hybridized carbons (Fsp3) is 0.417. The number of aliphatic hydroxyl groups is 1. The van der Waals surface area contributed by atoms with Gasteiger partial charge in [-0.15, -0.1) is 11.3 Å². The molecule has 0 radical (unpaired) electrons. The molecule has 11 heteroatoms. The van der Waals surface area contributed by atoms with Crippen molar-refractivity contribution in [3.05, 3.63) is 58.1 Å². The second-order valence-corrected chi connectivity index (χ2v) is 10.3. The first kappa shape index (κ1) is 24.3. The fourth-order valence-electron chi connectivity index (χ4n) is 4.52. The Morgan fingerprint density at radius 3 is 2.71 bits per heavy atom. The van der Waals surface area contributed by atoms with Crippen molar-refractivity contribution in [2.75, 3.05) is 26.2 Å². The van der Waals surface area contributed by atoms with Gasteiger partial charge < -0.3 is 19.5 Å². The molecule has 0 aliphatic carbocycles. The van der Waals surface area contributed by atoms with Crippen molar-refractivity contribution >= 4 is 22.9 Å². The molecule has 1 atom stereocenters. The van der Waals surface area contributed by atoms with E-state index in [0.717, 1.165) is 49.7 Å². The lowest BCUT2D eigenvalue weighted by Gasteiger charge is -2.39. The van der Waals surface area contributed by atoms with Crippen LogP contribution in [0.3, 0.4) is 0 Å². The second-order valence-electron chi connectivity index (χ2n) is 8.87. The molecule has 4 heterocycles. The van der Waals surface area contributed by atoms with Crippen LogP contribution in [0.15, 0.2) is 41.8 Å². The number of hydrogen-bond donors (Lipinski definition) is 1. The van der Waals surface area contributed by atoms with Crippen molar-refractivity contribution in [3.63, 3.8) is 0 Å². The highest BCUT2D eigenvalue weighted by Gasteiger charge is 2.42. The van der Waals surface area contributed by atoms with E-state index in [1.54, 1.807) is 17.5 Å². The van der Waals surface area contributed by atoms with Crippen molar-refractivity contribution in [1.82, 2.24) is 14.9 Å². The number of piperidine rings is 1. The number of alkyl halides is 3. The summed E-state index contributed by atoms with van der Waals surface area (Å²) in [7, 11) is 0. The number of rotatable bonds is 6. The van der Waals surface area contributed by atoms with Crippen molar-refractivity contribution in [1.29, 1.82) is 0 Å². The molecule has 1 saturated heterocycles. The largest absolute Gasteiger partial charge is 0.487 e. The maximum Gasteiger partial charge on any atom is 0.433 e. The molecule has 6 nitrogen and oxygen atoms in total. The SMILES string of the molecule is OC(COc1cc(C(F)(F)F)nc(-c2cccs2)n1)CN1CCC2(CC1)Cc1cc(Cl)ccc1O2. The van der Waals surface area contributed by atoms with Gasteiger partial charge in [0.05, 0.1) is 4.88 Å². The third-order valence-electron chi connectivity index (χ3n) is 6.26. The molecule has 186 valence electrons. The van der Waals surface area contributed by atoms with Crippen molar-refractivity contribution < 1.29 is 27.8 Å². The number of hydrogen-bond acceptors (Lipinski definition) is 7. The van der Waals surface area contributed by atoms with E-state index in [-0.39, 0.29) is 23.9 Å². The zero-order chi connectivity index (χ0) is 24.6. The van der Waals surface area contributed by atoms with E-state index in [0.29, 0.717) is 16.4 Å². The average Bonchev–Trinajstić information content (AvgIpc) is 3.47. The first-order valence-corrected chi connectivity index (χ1v) is 12.5. The minimum atomic E-state index is -4.64. The zero-order valence-corrected chi connectivity index (χ0v) is 20.2. The molecular formula is C24H23ClF3N3O3S. The maximum atomic E-state index is 13.3. The lowest BCUT2D eigenvalue weighted by molar-refractivity contribution is -0.141. The van der Waals surface area contributed by atoms with E-state index in [2.05, 4.69) is 14.9 Å². The van der Waals surface area contributed by atoms with Crippen LogP contribution < -0.4 is 9.47 Å². The number of fused-ring (bicyclic) bond motifs is 1. The number of aromatic nitrogens is 2. The topological polar surface area (TPSA) is 67.7 Å². The molecule has 0 bridgehead atoms. The van der Waals surface area contributed by atoms with Crippen LogP contribution in [0, 0.1) is 0 Å². The van der Waals surface area contributed by atoms with Gasteiger partial charge in [-0.3, -0.25) is 0 Å². The number of benzene rings is 1. The summed E-state index contributed by atoms with van der Waals surface area (Å²) in [6.07, 6.45) is -3.11. The number of aliphatic hydroxyl groups excluding tert-OH is 1. The molecule has 1 fully saturated rings. The number of nitrogens with zero attached hydrogens (tertiary/aromatic N) is 3. The van der Waals surface area contributed by atoms with Crippen molar-refractivity contribution in [2.24, 2.45) is 0 Å². The van der Waals surface area contributed by atoms with Gasteiger partial charge in [0.25, 0.3) is 0 Å². The van der Waals surface area contributed by atoms with Gasteiger partial charge in [0.1, 0.15) is 24.1 Å². The van der Waals surface area contributed by atoms with Gasteiger partial charge in [0, 0.05) is 50.0 Å². The number of β-amino-alcohol motifs (C(OH)–C–C–N with tert-alkyl or cyclic N) is 1. The van der Waals surface area contributed by atoms with E-state index >= 15 is 0 Å². The summed E-state index contributed by atoms with van der Waals surface area (Å²) < 4.78 is 51.7. The van der Waals surface area contributed by atoms with Crippen LogP contribution in [0.25, 0.3) is 10.7 Å². The lowest BCUT2D eigenvalue weighted by atomic mass is 9.87. The molecule has 2 aromatic heterocycles. The van der Waals surface area contributed by atoms with Crippen LogP contribution in [0.1, 0.15) is 24.1 Å². The number of ether oxygens (including phenoxy) is 2. The molecule has 5 rings (SSSR count). The third-order valence-corrected chi connectivity index (χ3v) is 7.36. The summed E-state index contributed by atoms with van der Waals surface area (Å²) in [5, 5.41) is 12.9. The van der Waals surface area contributed by atoms with E-state index in [1.807, 2.05) is 18.2 Å². The fourth-order valence-corrected chi connectivity index (χ4v) is 5.37. The molecule has 1 spiro atoms. The van der Waals surface area contributed by atoms with Gasteiger partial charge >= 0.3 is 6.18 Å². The number of thiophene rings is 1. The van der Waals surface area contributed by atoms with Crippen LogP contribution in [0.5, 0.6) is 11.6 Å². The Morgan fingerprint density at radius 2 is 2.00 bits per heavy atom. The first-order chi connectivity index (χ1) is 16.7. The normalized spacial score (nSPS) is 18.3. The Balaban J connectivity index is 1.16. The predicted molar refractivity (Wildman–Crippen MR) is 126 cm³/mol. The summed E-state index contributed by atoms with van der Waals surface area (Å²) in [4.78, 5) is 10.3. The molecule has 35 heavy (non-hydrogen) atoms. The van der Waals surface area contributed by atoms with Gasteiger partial charge in [-0.1, -0.05) is 17.7 Å². The van der Waals surface area contributed by atoms with Crippen LogP contribution >= 0.6 is 22.9 Å². The zero-order valence-electron chi connectivity index (χ0n) is 18.6. The molecule has 2 aliphatic heterocycles. The minimum Gasteiger partial charge on any atom is -0.487 e. The highest BCUT2D eigenvalue weighted by Crippen LogP contribution is 2.42. The lowest BCUT2D eigenvalue weighted by Crippen LogP contribution is -2.49. The molecule has 1 N–H and O–H groups in total. The van der Waals surface area contributed by atoms with Crippen molar-refractivity contribution in [3.8, 4) is 22.3 Å². The van der Waals surface area contributed by atoms with E-state index in [4.69, 9.17) is 21.1 Å². The van der Waals surface area contributed by atoms with Crippen LogP contribution in [0.2, 0.25) is 5.02 Å². The number of likely N-dealkylation sites (tertiary alicyclic amines) is 1. The van der Waals surface area contributed by atoms with Gasteiger partial charge in [-0.05, 0) is 35.2 Å². The van der Waals surface area contributed by atoms with E-state index < -0.39 is 18.0 Å². The van der Waals surface area contributed by atoms with Crippen molar-refractivity contribution in [2.45, 2.75) is 37.1 Å². The Morgan fingerprint density at radius 1 is 1.20 bits per heavy atom. The Hall–Kier alpha value is -2.40. The molecule has 3 aromatic rings. The molecule has 0 amide bonds. The van der Waals surface area contributed by atoms with E-state index in [9.17, 15) is 18.3 Å². The van der Waals surface area contributed by atoms with Crippen LogP contribution in [-0.4, -0.2) is 57.9 Å². The number of halogens is 4. The molecule has 2 aliphatic rings. The predicted octanol–water partition coefficient (Wildman–Crippen LogP) is 5.09. The van der Waals surface area contributed by atoms with Gasteiger partial charge in [-0.2, -0.15) is 18.2 Å². The minimum absolute atomic E-state index is 0.0560. The highest BCUT2D eigenvalue weighted by molar-refractivity contribution is 7.13. The smallest absolute Gasteiger partial charge is 0.433 e. The Labute approximate surface area is 209 Å². The second kappa shape index (κ2) is 9.57. The summed E-state index contributed by atoms with van der Waals surface area (Å²) in [5.41, 5.74) is -0.220.